The van der Waals surface area contributed by atoms with Gasteiger partial charge in [-0.25, -0.2) is 13.1 Å². The second kappa shape index (κ2) is 5.79. The van der Waals surface area contributed by atoms with Gasteiger partial charge in [-0.2, -0.15) is 0 Å². The van der Waals surface area contributed by atoms with Crippen molar-refractivity contribution in [1.29, 1.82) is 0 Å². The van der Waals surface area contributed by atoms with Crippen LogP contribution in [0.4, 0.5) is 0 Å². The van der Waals surface area contributed by atoms with Crippen LogP contribution in [0, 0.1) is 6.92 Å². The van der Waals surface area contributed by atoms with Gasteiger partial charge in [-0.3, -0.25) is 0 Å². The highest BCUT2D eigenvalue weighted by molar-refractivity contribution is 7.89. The minimum absolute atomic E-state index is 0.108. The summed E-state index contributed by atoms with van der Waals surface area (Å²) in [5.74, 6) is 0. The third kappa shape index (κ3) is 3.28. The lowest BCUT2D eigenvalue weighted by molar-refractivity contribution is 0.361. The fraction of sp³-hybridized carbons (Fsp3) is 0.538. The molecule has 4 nitrogen and oxygen atoms in total. The van der Waals surface area contributed by atoms with Crippen molar-refractivity contribution in [3.8, 4) is 0 Å². The van der Waals surface area contributed by atoms with Crippen LogP contribution < -0.4 is 10.5 Å². The van der Waals surface area contributed by atoms with Crippen molar-refractivity contribution >= 4 is 21.6 Å². The maximum absolute atomic E-state index is 12.4. The molecule has 0 heterocycles. The van der Waals surface area contributed by atoms with E-state index in [9.17, 15) is 8.42 Å². The van der Waals surface area contributed by atoms with Crippen LogP contribution in [0.25, 0.3) is 0 Å². The van der Waals surface area contributed by atoms with Crippen LogP contribution in [0.5, 0.6) is 0 Å². The Morgan fingerprint density at radius 3 is 2.68 bits per heavy atom. The molecular weight excluding hydrogens is 284 g/mol. The molecule has 6 heteroatoms. The van der Waals surface area contributed by atoms with Crippen molar-refractivity contribution in [1.82, 2.24) is 4.72 Å². The van der Waals surface area contributed by atoms with E-state index < -0.39 is 10.0 Å². The molecule has 0 aliphatic heterocycles. The predicted molar refractivity (Wildman–Crippen MR) is 76.7 cm³/mol. The average molecular weight is 303 g/mol. The van der Waals surface area contributed by atoms with E-state index in [1.807, 2.05) is 0 Å². The van der Waals surface area contributed by atoms with E-state index in [4.69, 9.17) is 17.3 Å². The quantitative estimate of drug-likeness (QED) is 0.899. The molecule has 0 saturated heterocycles. The second-order valence-corrected chi connectivity index (χ2v) is 7.13. The van der Waals surface area contributed by atoms with Gasteiger partial charge in [0.15, 0.2) is 0 Å². The molecule has 1 aromatic carbocycles. The monoisotopic (exact) mass is 302 g/mol. The van der Waals surface area contributed by atoms with Crippen molar-refractivity contribution in [2.45, 2.75) is 49.6 Å². The van der Waals surface area contributed by atoms with Gasteiger partial charge in [0.05, 0.1) is 4.90 Å². The van der Waals surface area contributed by atoms with Gasteiger partial charge in [-0.15, -0.1) is 0 Å². The topological polar surface area (TPSA) is 72.2 Å². The summed E-state index contributed by atoms with van der Waals surface area (Å²) in [5, 5.41) is 0.454. The molecule has 106 valence electrons. The average Bonchev–Trinajstić information content (AvgIpc) is 2.35. The third-order valence-corrected chi connectivity index (χ3v) is 5.68. The zero-order valence-corrected chi connectivity index (χ0v) is 12.5. The Morgan fingerprint density at radius 1 is 1.32 bits per heavy atom. The molecule has 2 rings (SSSR count). The summed E-state index contributed by atoms with van der Waals surface area (Å²) in [6.07, 6.45) is 3.73. The van der Waals surface area contributed by atoms with E-state index in [0.29, 0.717) is 10.6 Å². The van der Waals surface area contributed by atoms with Gasteiger partial charge < -0.3 is 5.73 Å². The van der Waals surface area contributed by atoms with Crippen LogP contribution in [0.2, 0.25) is 5.02 Å². The van der Waals surface area contributed by atoms with Crippen molar-refractivity contribution in [2.75, 3.05) is 0 Å². The molecule has 3 N–H and O–H groups in total. The smallest absolute Gasteiger partial charge is 0.241 e. The minimum atomic E-state index is -3.56. The normalized spacial score (nSPS) is 24.4. The zero-order chi connectivity index (χ0) is 14.0. The Balaban J connectivity index is 2.25. The van der Waals surface area contributed by atoms with Crippen molar-refractivity contribution in [2.24, 2.45) is 5.73 Å². The van der Waals surface area contributed by atoms with Gasteiger partial charge in [0, 0.05) is 17.1 Å². The van der Waals surface area contributed by atoms with Gasteiger partial charge in [-0.05, 0) is 37.5 Å². The molecule has 1 aliphatic rings. The first-order valence-electron chi connectivity index (χ1n) is 6.45. The SMILES string of the molecule is Cc1c(Cl)cccc1S(=O)(=O)NC1CCCCC1N. The lowest BCUT2D eigenvalue weighted by Gasteiger charge is -2.29. The molecule has 0 bridgehead atoms. The standard InChI is InChI=1S/C13H19ClN2O2S/c1-9-10(14)5-4-8-13(9)19(17,18)16-12-7-3-2-6-11(12)15/h4-5,8,11-12,16H,2-3,6-7,15H2,1H3. The lowest BCUT2D eigenvalue weighted by Crippen LogP contribution is -2.49. The highest BCUT2D eigenvalue weighted by Gasteiger charge is 2.28. The van der Waals surface area contributed by atoms with Crippen molar-refractivity contribution in [3.05, 3.63) is 28.8 Å². The van der Waals surface area contributed by atoms with E-state index in [1.54, 1.807) is 25.1 Å². The van der Waals surface area contributed by atoms with Crippen LogP contribution >= 0.6 is 11.6 Å². The molecule has 0 aromatic heterocycles. The number of benzene rings is 1. The molecule has 0 spiro atoms. The van der Waals surface area contributed by atoms with Gasteiger partial charge >= 0.3 is 0 Å². The number of sulfonamides is 1. The van der Waals surface area contributed by atoms with Crippen LogP contribution in [-0.2, 0) is 10.0 Å². The second-order valence-electron chi connectivity index (χ2n) is 5.04. The van der Waals surface area contributed by atoms with Crippen molar-refractivity contribution < 1.29 is 8.42 Å². The highest BCUT2D eigenvalue weighted by atomic mass is 35.5. The summed E-state index contributed by atoms with van der Waals surface area (Å²) in [6, 6.07) is 4.60. The van der Waals surface area contributed by atoms with E-state index >= 15 is 0 Å². The molecule has 1 saturated carbocycles. The number of halogens is 1. The predicted octanol–water partition coefficient (Wildman–Crippen LogP) is 2.20. The molecular formula is C13H19ClN2O2S. The third-order valence-electron chi connectivity index (χ3n) is 3.63. The molecule has 2 atom stereocenters. The zero-order valence-electron chi connectivity index (χ0n) is 10.9. The molecule has 1 fully saturated rings. The maximum Gasteiger partial charge on any atom is 0.241 e. The van der Waals surface area contributed by atoms with E-state index in [0.717, 1.165) is 25.7 Å². The summed E-state index contributed by atoms with van der Waals surface area (Å²) in [7, 11) is -3.56. The van der Waals surface area contributed by atoms with Gasteiger partial charge in [-0.1, -0.05) is 30.5 Å². The van der Waals surface area contributed by atoms with E-state index in [-0.39, 0.29) is 17.0 Å². The Hall–Kier alpha value is -0.620. The summed E-state index contributed by atoms with van der Waals surface area (Å²) in [5.41, 5.74) is 6.55. The molecule has 2 unspecified atom stereocenters. The van der Waals surface area contributed by atoms with Crippen molar-refractivity contribution in [3.63, 3.8) is 0 Å². The first kappa shape index (κ1) is 14.8. The molecule has 0 radical (unpaired) electrons. The lowest BCUT2D eigenvalue weighted by atomic mass is 9.92. The molecule has 19 heavy (non-hydrogen) atoms. The number of rotatable bonds is 3. The Labute approximate surface area is 119 Å². The highest BCUT2D eigenvalue weighted by Crippen LogP contribution is 2.24. The number of nitrogens with two attached hydrogens (primary N) is 1. The fourth-order valence-electron chi connectivity index (χ4n) is 2.45. The summed E-state index contributed by atoms with van der Waals surface area (Å²) >= 11 is 5.97. The molecule has 1 aromatic rings. The number of hydrogen-bond acceptors (Lipinski definition) is 3. The summed E-state index contributed by atoms with van der Waals surface area (Å²) in [6.45, 7) is 1.71. The molecule has 1 aliphatic carbocycles. The van der Waals surface area contributed by atoms with Gasteiger partial charge in [0.2, 0.25) is 10.0 Å². The Kier molecular flexibility index (Phi) is 4.50. The minimum Gasteiger partial charge on any atom is -0.326 e. The Bertz CT molecular complexity index is 560. The van der Waals surface area contributed by atoms with Crippen LogP contribution in [0.3, 0.4) is 0 Å². The Morgan fingerprint density at radius 2 is 2.00 bits per heavy atom. The largest absolute Gasteiger partial charge is 0.326 e. The van der Waals surface area contributed by atoms with Crippen LogP contribution in [0.1, 0.15) is 31.2 Å². The summed E-state index contributed by atoms with van der Waals surface area (Å²) in [4.78, 5) is 0.234. The van der Waals surface area contributed by atoms with Crippen LogP contribution in [0.15, 0.2) is 23.1 Å². The van der Waals surface area contributed by atoms with Crippen LogP contribution in [-0.4, -0.2) is 20.5 Å². The summed E-state index contributed by atoms with van der Waals surface area (Å²) < 4.78 is 27.5. The molecule has 0 amide bonds. The fourth-order valence-corrected chi connectivity index (χ4v) is 4.27. The van der Waals surface area contributed by atoms with Gasteiger partial charge in [0.25, 0.3) is 0 Å². The van der Waals surface area contributed by atoms with Gasteiger partial charge in [0.1, 0.15) is 0 Å². The number of nitrogens with one attached hydrogen (secondary N) is 1. The first-order chi connectivity index (χ1) is 8.92. The first-order valence-corrected chi connectivity index (χ1v) is 8.31. The maximum atomic E-state index is 12.4. The van der Waals surface area contributed by atoms with E-state index in [1.165, 1.54) is 0 Å². The van der Waals surface area contributed by atoms with E-state index in [2.05, 4.69) is 4.72 Å². The number of hydrogen-bond donors (Lipinski definition) is 2.